The van der Waals surface area contributed by atoms with Crippen LogP contribution < -0.4 is 10.1 Å². The highest BCUT2D eigenvalue weighted by molar-refractivity contribution is 8.00. The van der Waals surface area contributed by atoms with Crippen LogP contribution in [-0.4, -0.2) is 24.1 Å². The van der Waals surface area contributed by atoms with Gasteiger partial charge in [0.25, 0.3) is 0 Å². The minimum absolute atomic E-state index is 0.0551. The number of ether oxygens (including phenoxy) is 1. The topological polar surface area (TPSA) is 55.4 Å². The largest absolute Gasteiger partial charge is 0.497 e. The molecule has 1 atom stereocenters. The molecule has 0 aliphatic rings. The van der Waals surface area contributed by atoms with Gasteiger partial charge in [-0.25, -0.2) is 0 Å². The number of nitrogens with one attached hydrogen (secondary N) is 1. The third-order valence-corrected chi connectivity index (χ3v) is 4.96. The van der Waals surface area contributed by atoms with Crippen LogP contribution in [0.1, 0.15) is 38.1 Å². The van der Waals surface area contributed by atoms with Gasteiger partial charge in [-0.1, -0.05) is 20.8 Å². The molecule has 2 aromatic carbocycles. The van der Waals surface area contributed by atoms with Crippen molar-refractivity contribution in [2.75, 3.05) is 12.4 Å². The molecule has 1 N–H and O–H groups in total. The Balaban J connectivity index is 2.00. The molecule has 5 heteroatoms. The molecule has 0 aromatic heterocycles. The van der Waals surface area contributed by atoms with E-state index in [0.717, 1.165) is 10.6 Å². The number of thioether (sulfide) groups is 1. The molecule has 0 heterocycles. The molecule has 1 unspecified atom stereocenters. The van der Waals surface area contributed by atoms with E-state index >= 15 is 0 Å². The van der Waals surface area contributed by atoms with Crippen LogP contribution in [0.25, 0.3) is 0 Å². The lowest BCUT2D eigenvalue weighted by Crippen LogP contribution is -2.27. The van der Waals surface area contributed by atoms with Crippen molar-refractivity contribution in [1.82, 2.24) is 0 Å². The smallest absolute Gasteiger partial charge is 0.229 e. The molecule has 4 nitrogen and oxygen atoms in total. The standard InChI is InChI=1S/C21H25NO3S/c1-14(26-18-12-10-17(25-5)11-13-18)19(23)15-6-8-16(9-7-15)22-20(24)21(2,3)4/h6-14H,1-5H3,(H,22,24). The third-order valence-electron chi connectivity index (χ3n) is 3.85. The number of carbonyl (C=O) groups excluding carboxylic acids is 2. The second-order valence-corrected chi connectivity index (χ2v) is 8.50. The van der Waals surface area contributed by atoms with E-state index in [1.807, 2.05) is 52.0 Å². The molecule has 0 radical (unpaired) electrons. The zero-order valence-electron chi connectivity index (χ0n) is 15.8. The van der Waals surface area contributed by atoms with E-state index in [-0.39, 0.29) is 16.9 Å². The van der Waals surface area contributed by atoms with Crippen LogP contribution in [0.15, 0.2) is 53.4 Å². The maximum absolute atomic E-state index is 12.6. The van der Waals surface area contributed by atoms with Crippen LogP contribution in [0.3, 0.4) is 0 Å². The molecule has 138 valence electrons. The minimum Gasteiger partial charge on any atom is -0.497 e. The van der Waals surface area contributed by atoms with Crippen molar-refractivity contribution in [3.8, 4) is 5.75 Å². The first-order valence-corrected chi connectivity index (χ1v) is 9.35. The number of rotatable bonds is 6. The van der Waals surface area contributed by atoms with Crippen LogP contribution in [0.4, 0.5) is 5.69 Å². The van der Waals surface area contributed by atoms with E-state index < -0.39 is 5.41 Å². The number of hydrogen-bond acceptors (Lipinski definition) is 4. The van der Waals surface area contributed by atoms with Crippen LogP contribution >= 0.6 is 11.8 Å². The highest BCUT2D eigenvalue weighted by atomic mass is 32.2. The zero-order valence-corrected chi connectivity index (χ0v) is 16.6. The Hall–Kier alpha value is -2.27. The molecule has 1 amide bonds. The van der Waals surface area contributed by atoms with E-state index in [1.165, 1.54) is 11.8 Å². The second-order valence-electron chi connectivity index (χ2n) is 7.08. The predicted molar refractivity (Wildman–Crippen MR) is 107 cm³/mol. The Morgan fingerprint density at radius 2 is 1.58 bits per heavy atom. The van der Waals surface area contributed by atoms with Gasteiger partial charge in [-0.15, -0.1) is 11.8 Å². The van der Waals surface area contributed by atoms with Crippen LogP contribution in [0.5, 0.6) is 5.75 Å². The molecular formula is C21H25NO3S. The maximum atomic E-state index is 12.6. The fraction of sp³-hybridized carbons (Fsp3) is 0.333. The lowest BCUT2D eigenvalue weighted by Gasteiger charge is -2.18. The summed E-state index contributed by atoms with van der Waals surface area (Å²) >= 11 is 1.51. The van der Waals surface area contributed by atoms with Gasteiger partial charge in [-0.05, 0) is 55.5 Å². The summed E-state index contributed by atoms with van der Waals surface area (Å²) in [6.45, 7) is 7.47. The van der Waals surface area contributed by atoms with E-state index in [0.29, 0.717) is 11.3 Å². The summed E-state index contributed by atoms with van der Waals surface area (Å²) in [4.78, 5) is 25.7. The number of anilines is 1. The molecule has 0 saturated heterocycles. The molecule has 0 aliphatic heterocycles. The third kappa shape index (κ3) is 5.36. The highest BCUT2D eigenvalue weighted by Gasteiger charge is 2.21. The van der Waals surface area contributed by atoms with E-state index in [2.05, 4.69) is 5.32 Å². The number of benzene rings is 2. The van der Waals surface area contributed by atoms with Crippen molar-refractivity contribution in [2.45, 2.75) is 37.8 Å². The first kappa shape index (κ1) is 20.0. The number of Topliss-reactive ketones (excluding diaryl/α,β-unsaturated/α-hetero) is 1. The van der Waals surface area contributed by atoms with Gasteiger partial charge in [-0.3, -0.25) is 9.59 Å². The molecular weight excluding hydrogens is 346 g/mol. The lowest BCUT2D eigenvalue weighted by atomic mass is 9.95. The fourth-order valence-electron chi connectivity index (χ4n) is 2.18. The highest BCUT2D eigenvalue weighted by Crippen LogP contribution is 2.27. The van der Waals surface area contributed by atoms with Crippen molar-refractivity contribution >= 4 is 29.1 Å². The van der Waals surface area contributed by atoms with E-state index in [9.17, 15) is 9.59 Å². The molecule has 0 spiro atoms. The Morgan fingerprint density at radius 3 is 2.08 bits per heavy atom. The van der Waals surface area contributed by atoms with Crippen molar-refractivity contribution in [1.29, 1.82) is 0 Å². The summed E-state index contributed by atoms with van der Waals surface area (Å²) in [5, 5.41) is 2.65. The molecule has 0 aliphatic carbocycles. The van der Waals surface area contributed by atoms with Crippen molar-refractivity contribution in [3.63, 3.8) is 0 Å². The number of carbonyl (C=O) groups is 2. The predicted octanol–water partition coefficient (Wildman–Crippen LogP) is 5.04. The van der Waals surface area contributed by atoms with Gasteiger partial charge in [0.2, 0.25) is 5.91 Å². The average Bonchev–Trinajstić information content (AvgIpc) is 2.61. The molecule has 0 fully saturated rings. The fourth-order valence-corrected chi connectivity index (χ4v) is 3.13. The van der Waals surface area contributed by atoms with E-state index in [1.54, 1.807) is 31.4 Å². The average molecular weight is 372 g/mol. The number of hydrogen-bond donors (Lipinski definition) is 1. The van der Waals surface area contributed by atoms with Gasteiger partial charge in [0, 0.05) is 21.6 Å². The second kappa shape index (κ2) is 8.41. The van der Waals surface area contributed by atoms with Gasteiger partial charge >= 0.3 is 0 Å². The Labute approximate surface area is 159 Å². The Morgan fingerprint density at radius 1 is 1.00 bits per heavy atom. The summed E-state index contributed by atoms with van der Waals surface area (Å²) in [6.07, 6.45) is 0. The summed E-state index contributed by atoms with van der Waals surface area (Å²) < 4.78 is 5.14. The van der Waals surface area contributed by atoms with Gasteiger partial charge in [0.05, 0.1) is 12.4 Å². The molecule has 2 aromatic rings. The lowest BCUT2D eigenvalue weighted by molar-refractivity contribution is -0.123. The minimum atomic E-state index is -0.460. The number of methoxy groups -OCH3 is 1. The molecule has 0 bridgehead atoms. The zero-order chi connectivity index (χ0) is 19.3. The van der Waals surface area contributed by atoms with Crippen molar-refractivity contribution in [3.05, 3.63) is 54.1 Å². The van der Waals surface area contributed by atoms with Crippen LogP contribution in [0, 0.1) is 5.41 Å². The van der Waals surface area contributed by atoms with E-state index in [4.69, 9.17) is 4.74 Å². The monoisotopic (exact) mass is 371 g/mol. The van der Waals surface area contributed by atoms with Gasteiger partial charge < -0.3 is 10.1 Å². The Bertz CT molecular complexity index is 761. The van der Waals surface area contributed by atoms with Gasteiger partial charge in [0.15, 0.2) is 5.78 Å². The quantitative estimate of drug-likeness (QED) is 0.571. The van der Waals surface area contributed by atoms with Crippen molar-refractivity contribution in [2.24, 2.45) is 5.41 Å². The molecule has 26 heavy (non-hydrogen) atoms. The molecule has 0 saturated carbocycles. The number of ketones is 1. The first-order valence-electron chi connectivity index (χ1n) is 8.47. The van der Waals surface area contributed by atoms with Crippen LogP contribution in [-0.2, 0) is 4.79 Å². The normalized spacial score (nSPS) is 12.3. The first-order chi connectivity index (χ1) is 12.2. The summed E-state index contributed by atoms with van der Waals surface area (Å²) in [5.41, 5.74) is 0.863. The molecule has 2 rings (SSSR count). The van der Waals surface area contributed by atoms with Gasteiger partial charge in [0.1, 0.15) is 5.75 Å². The van der Waals surface area contributed by atoms with Crippen molar-refractivity contribution < 1.29 is 14.3 Å². The maximum Gasteiger partial charge on any atom is 0.229 e. The SMILES string of the molecule is COc1ccc(SC(C)C(=O)c2ccc(NC(=O)C(C)(C)C)cc2)cc1. The Kier molecular flexibility index (Phi) is 6.48. The van der Waals surface area contributed by atoms with Crippen LogP contribution in [0.2, 0.25) is 0 Å². The summed E-state index contributed by atoms with van der Waals surface area (Å²) in [7, 11) is 1.63. The number of amides is 1. The van der Waals surface area contributed by atoms with Gasteiger partial charge in [-0.2, -0.15) is 0 Å². The summed E-state index contributed by atoms with van der Waals surface area (Å²) in [6, 6.07) is 14.7. The summed E-state index contributed by atoms with van der Waals surface area (Å²) in [5.74, 6) is 0.792.